The third kappa shape index (κ3) is 2.31. The second-order valence-electron chi connectivity index (χ2n) is 4.19. The first-order valence-corrected chi connectivity index (χ1v) is 6.04. The highest BCUT2D eigenvalue weighted by atomic mass is 16.5. The molecule has 0 saturated carbocycles. The standard InChI is InChI=1S/C16H10O4/c17-15(11-6-2-1-3-7-11)20-14-10-12-8-4-5-9-13(12)19-16(14)18/h1-10H. The van der Waals surface area contributed by atoms with E-state index >= 15 is 0 Å². The van der Waals surface area contributed by atoms with Crippen LogP contribution in [0.15, 0.2) is 69.9 Å². The van der Waals surface area contributed by atoms with Crippen molar-refractivity contribution in [3.63, 3.8) is 0 Å². The van der Waals surface area contributed by atoms with E-state index in [0.29, 0.717) is 16.5 Å². The summed E-state index contributed by atoms with van der Waals surface area (Å²) in [5.41, 5.74) is 0.157. The van der Waals surface area contributed by atoms with Crippen LogP contribution < -0.4 is 10.4 Å². The number of hydrogen-bond donors (Lipinski definition) is 0. The van der Waals surface area contributed by atoms with Gasteiger partial charge in [0, 0.05) is 5.39 Å². The summed E-state index contributed by atoms with van der Waals surface area (Å²) < 4.78 is 10.2. The summed E-state index contributed by atoms with van der Waals surface area (Å²) in [6, 6.07) is 17.0. The number of carbonyl (C=O) groups excluding carboxylic acids is 1. The first kappa shape index (κ1) is 12.2. The normalized spacial score (nSPS) is 10.4. The molecule has 0 aliphatic heterocycles. The predicted octanol–water partition coefficient (Wildman–Crippen LogP) is 3.01. The largest absolute Gasteiger partial charge is 0.420 e. The van der Waals surface area contributed by atoms with Gasteiger partial charge < -0.3 is 9.15 Å². The molecule has 1 heterocycles. The van der Waals surface area contributed by atoms with Gasteiger partial charge in [0.2, 0.25) is 5.75 Å². The number of hydrogen-bond acceptors (Lipinski definition) is 4. The molecular weight excluding hydrogens is 256 g/mol. The molecule has 3 rings (SSSR count). The molecule has 0 unspecified atom stereocenters. The first-order valence-electron chi connectivity index (χ1n) is 6.04. The zero-order chi connectivity index (χ0) is 13.9. The molecule has 0 atom stereocenters. The van der Waals surface area contributed by atoms with Crippen molar-refractivity contribution >= 4 is 16.9 Å². The van der Waals surface area contributed by atoms with Gasteiger partial charge in [-0.25, -0.2) is 9.59 Å². The van der Waals surface area contributed by atoms with E-state index in [2.05, 4.69) is 0 Å². The van der Waals surface area contributed by atoms with Gasteiger partial charge in [-0.2, -0.15) is 0 Å². The summed E-state index contributed by atoms with van der Waals surface area (Å²) in [5.74, 6) is -0.703. The van der Waals surface area contributed by atoms with Gasteiger partial charge >= 0.3 is 11.6 Å². The van der Waals surface area contributed by atoms with Crippen LogP contribution in [-0.4, -0.2) is 5.97 Å². The molecule has 0 fully saturated rings. The van der Waals surface area contributed by atoms with E-state index in [1.54, 1.807) is 48.5 Å². The minimum absolute atomic E-state index is 0.113. The number of esters is 1. The lowest BCUT2D eigenvalue weighted by atomic mass is 10.2. The maximum Gasteiger partial charge on any atom is 0.379 e. The Hall–Kier alpha value is -2.88. The van der Waals surface area contributed by atoms with Crippen LogP contribution in [0.1, 0.15) is 10.4 Å². The lowest BCUT2D eigenvalue weighted by Crippen LogP contribution is -2.14. The van der Waals surface area contributed by atoms with Crippen molar-refractivity contribution in [2.75, 3.05) is 0 Å². The number of benzene rings is 2. The third-order valence-corrected chi connectivity index (χ3v) is 2.82. The predicted molar refractivity (Wildman–Crippen MR) is 73.9 cm³/mol. The minimum Gasteiger partial charge on any atom is -0.420 e. The van der Waals surface area contributed by atoms with E-state index < -0.39 is 11.6 Å². The zero-order valence-corrected chi connectivity index (χ0v) is 10.4. The Kier molecular flexibility index (Phi) is 3.05. The Morgan fingerprint density at radius 1 is 0.950 bits per heavy atom. The topological polar surface area (TPSA) is 56.5 Å². The van der Waals surface area contributed by atoms with E-state index in [0.717, 1.165) is 0 Å². The first-order chi connectivity index (χ1) is 9.74. The second kappa shape index (κ2) is 5.01. The van der Waals surface area contributed by atoms with Crippen molar-refractivity contribution in [3.05, 3.63) is 76.6 Å². The maximum absolute atomic E-state index is 11.9. The van der Waals surface area contributed by atoms with Crippen LogP contribution in [0.5, 0.6) is 5.75 Å². The Morgan fingerprint density at radius 3 is 2.45 bits per heavy atom. The fraction of sp³-hybridized carbons (Fsp3) is 0. The number of fused-ring (bicyclic) bond motifs is 1. The summed E-state index contributed by atoms with van der Waals surface area (Å²) >= 11 is 0. The molecule has 4 nitrogen and oxygen atoms in total. The van der Waals surface area contributed by atoms with Crippen LogP contribution in [0.25, 0.3) is 11.0 Å². The van der Waals surface area contributed by atoms with Crippen molar-refractivity contribution < 1.29 is 13.9 Å². The van der Waals surface area contributed by atoms with Crippen LogP contribution in [0.3, 0.4) is 0 Å². The summed E-state index contributed by atoms with van der Waals surface area (Å²) in [6.07, 6.45) is 0. The minimum atomic E-state index is -0.673. The molecule has 98 valence electrons. The molecule has 0 amide bonds. The van der Waals surface area contributed by atoms with Gasteiger partial charge in [0.05, 0.1) is 5.56 Å². The van der Waals surface area contributed by atoms with Crippen molar-refractivity contribution in [2.24, 2.45) is 0 Å². The molecule has 0 saturated heterocycles. The highest BCUT2D eigenvalue weighted by Gasteiger charge is 2.12. The summed E-state index contributed by atoms with van der Waals surface area (Å²) in [6.45, 7) is 0. The highest BCUT2D eigenvalue weighted by Crippen LogP contribution is 2.17. The quantitative estimate of drug-likeness (QED) is 0.528. The molecule has 0 spiro atoms. The molecule has 0 aliphatic carbocycles. The van der Waals surface area contributed by atoms with Gasteiger partial charge in [0.1, 0.15) is 5.58 Å². The molecule has 0 radical (unpaired) electrons. The lowest BCUT2D eigenvalue weighted by Gasteiger charge is -2.04. The highest BCUT2D eigenvalue weighted by molar-refractivity contribution is 5.91. The van der Waals surface area contributed by atoms with Gasteiger partial charge in [0.15, 0.2) is 0 Å². The molecule has 0 bridgehead atoms. The lowest BCUT2D eigenvalue weighted by molar-refractivity contribution is 0.0729. The zero-order valence-electron chi connectivity index (χ0n) is 10.4. The van der Waals surface area contributed by atoms with E-state index in [9.17, 15) is 9.59 Å². The van der Waals surface area contributed by atoms with Crippen LogP contribution in [0.2, 0.25) is 0 Å². The van der Waals surface area contributed by atoms with Crippen molar-refractivity contribution in [3.8, 4) is 5.75 Å². The Bertz CT molecular complexity index is 819. The molecule has 0 N–H and O–H groups in total. The SMILES string of the molecule is O=C(Oc1cc2ccccc2oc1=O)c1ccccc1. The van der Waals surface area contributed by atoms with E-state index in [4.69, 9.17) is 9.15 Å². The summed E-state index contributed by atoms with van der Waals surface area (Å²) in [4.78, 5) is 23.7. The average Bonchev–Trinajstić information content (AvgIpc) is 2.49. The van der Waals surface area contributed by atoms with Gasteiger partial charge in [-0.1, -0.05) is 36.4 Å². The molecule has 4 heteroatoms. The molecule has 1 aromatic heterocycles. The van der Waals surface area contributed by atoms with E-state index in [1.807, 2.05) is 6.07 Å². The monoisotopic (exact) mass is 266 g/mol. The fourth-order valence-electron chi connectivity index (χ4n) is 1.85. The second-order valence-corrected chi connectivity index (χ2v) is 4.19. The number of para-hydroxylation sites is 1. The summed E-state index contributed by atoms with van der Waals surface area (Å²) in [7, 11) is 0. The van der Waals surface area contributed by atoms with E-state index in [-0.39, 0.29) is 5.75 Å². The van der Waals surface area contributed by atoms with Crippen LogP contribution >= 0.6 is 0 Å². The third-order valence-electron chi connectivity index (χ3n) is 2.82. The van der Waals surface area contributed by atoms with Gasteiger partial charge in [-0.05, 0) is 24.3 Å². The number of ether oxygens (including phenoxy) is 1. The van der Waals surface area contributed by atoms with Crippen molar-refractivity contribution in [1.29, 1.82) is 0 Å². The average molecular weight is 266 g/mol. The smallest absolute Gasteiger partial charge is 0.379 e. The number of rotatable bonds is 2. The Balaban J connectivity index is 1.97. The van der Waals surface area contributed by atoms with Crippen LogP contribution in [0, 0.1) is 0 Å². The Labute approximate surface area is 114 Å². The molecule has 2 aromatic carbocycles. The molecule has 0 aliphatic rings. The molecular formula is C16H10O4. The number of carbonyl (C=O) groups is 1. The maximum atomic E-state index is 11.9. The van der Waals surface area contributed by atoms with Gasteiger partial charge in [-0.3, -0.25) is 0 Å². The summed E-state index contributed by atoms with van der Waals surface area (Å²) in [5, 5.41) is 0.697. The molecule has 3 aromatic rings. The fourth-order valence-corrected chi connectivity index (χ4v) is 1.85. The van der Waals surface area contributed by atoms with Gasteiger partial charge in [-0.15, -0.1) is 0 Å². The Morgan fingerprint density at radius 2 is 1.65 bits per heavy atom. The van der Waals surface area contributed by atoms with Crippen molar-refractivity contribution in [2.45, 2.75) is 0 Å². The van der Waals surface area contributed by atoms with Gasteiger partial charge in [0.25, 0.3) is 0 Å². The van der Waals surface area contributed by atoms with Crippen LogP contribution in [0.4, 0.5) is 0 Å². The van der Waals surface area contributed by atoms with Crippen molar-refractivity contribution in [1.82, 2.24) is 0 Å². The van der Waals surface area contributed by atoms with E-state index in [1.165, 1.54) is 6.07 Å². The van der Waals surface area contributed by atoms with Crippen LogP contribution in [-0.2, 0) is 0 Å². The molecule has 20 heavy (non-hydrogen) atoms.